The molecular formula is C19H34N4O8S. The first-order valence-corrected chi connectivity index (χ1v) is 11.6. The van der Waals surface area contributed by atoms with Crippen LogP contribution in [0.1, 0.15) is 39.5 Å². The van der Waals surface area contributed by atoms with Crippen molar-refractivity contribution in [3.05, 3.63) is 0 Å². The number of aliphatic hydroxyl groups is 1. The zero-order valence-corrected chi connectivity index (χ0v) is 19.3. The minimum atomic E-state index is -1.43. The summed E-state index contributed by atoms with van der Waals surface area (Å²) < 4.78 is 0. The van der Waals surface area contributed by atoms with E-state index in [1.165, 1.54) is 11.8 Å². The van der Waals surface area contributed by atoms with E-state index in [0.29, 0.717) is 12.2 Å². The van der Waals surface area contributed by atoms with Gasteiger partial charge in [-0.1, -0.05) is 20.3 Å². The van der Waals surface area contributed by atoms with Gasteiger partial charge in [0.25, 0.3) is 0 Å². The van der Waals surface area contributed by atoms with E-state index < -0.39 is 60.4 Å². The summed E-state index contributed by atoms with van der Waals surface area (Å²) in [6, 6.07) is -4.85. The summed E-state index contributed by atoms with van der Waals surface area (Å²) in [5.74, 6) is -4.57. The first-order valence-electron chi connectivity index (χ1n) is 10.2. The monoisotopic (exact) mass is 478 g/mol. The van der Waals surface area contributed by atoms with Gasteiger partial charge in [0, 0.05) is 6.42 Å². The lowest BCUT2D eigenvalue weighted by Crippen LogP contribution is -2.59. The fourth-order valence-corrected chi connectivity index (χ4v) is 3.06. The highest BCUT2D eigenvalue weighted by molar-refractivity contribution is 7.98. The zero-order valence-electron chi connectivity index (χ0n) is 18.5. The minimum absolute atomic E-state index is 0.161. The summed E-state index contributed by atoms with van der Waals surface area (Å²) in [5, 5.41) is 34.6. The third kappa shape index (κ3) is 10.8. The number of rotatable bonds is 16. The number of hydrogen-bond donors (Lipinski definition) is 7. The molecule has 0 aromatic rings. The number of hydrogen-bond acceptors (Lipinski definition) is 8. The van der Waals surface area contributed by atoms with Crippen LogP contribution in [0.3, 0.4) is 0 Å². The molecule has 184 valence electrons. The van der Waals surface area contributed by atoms with Crippen LogP contribution in [0, 0.1) is 5.92 Å². The first-order chi connectivity index (χ1) is 15.0. The molecule has 0 radical (unpaired) electrons. The largest absolute Gasteiger partial charge is 0.481 e. The van der Waals surface area contributed by atoms with Gasteiger partial charge in [-0.3, -0.25) is 19.2 Å². The standard InChI is InChI=1S/C19H34N4O8S/c1-4-10(2)15(18(29)21-12(19(30)31)7-8-32-3)23-17(28)13(9-24)22-16(27)11(20)5-6-14(25)26/h10-13,15,24H,4-9,20H2,1-3H3,(H,21,29)(H,22,27)(H,23,28)(H,25,26)(H,30,31). The van der Waals surface area contributed by atoms with Crippen molar-refractivity contribution in [3.8, 4) is 0 Å². The van der Waals surface area contributed by atoms with Gasteiger partial charge in [0.15, 0.2) is 0 Å². The third-order valence-corrected chi connectivity index (χ3v) is 5.48. The Labute approximate surface area is 191 Å². The number of aliphatic hydroxyl groups excluding tert-OH is 1. The van der Waals surface area contributed by atoms with Crippen molar-refractivity contribution in [2.45, 2.75) is 63.7 Å². The maximum atomic E-state index is 12.7. The number of carbonyl (C=O) groups excluding carboxylic acids is 3. The van der Waals surface area contributed by atoms with Crippen LogP contribution in [0.4, 0.5) is 0 Å². The molecule has 32 heavy (non-hydrogen) atoms. The van der Waals surface area contributed by atoms with E-state index in [2.05, 4.69) is 16.0 Å². The zero-order chi connectivity index (χ0) is 24.8. The molecule has 0 aromatic heterocycles. The summed E-state index contributed by atoms with van der Waals surface area (Å²) in [4.78, 5) is 59.4. The van der Waals surface area contributed by atoms with E-state index >= 15 is 0 Å². The van der Waals surface area contributed by atoms with Crippen LogP contribution in [-0.4, -0.2) is 87.8 Å². The van der Waals surface area contributed by atoms with Gasteiger partial charge in [0.2, 0.25) is 17.7 Å². The Hall–Kier alpha value is -2.38. The number of carbonyl (C=O) groups is 5. The second kappa shape index (κ2) is 15.4. The van der Waals surface area contributed by atoms with Crippen LogP contribution in [0.25, 0.3) is 0 Å². The Bertz CT molecular complexity index is 663. The lowest BCUT2D eigenvalue weighted by Gasteiger charge is -2.27. The normalized spacial score (nSPS) is 15.5. The lowest BCUT2D eigenvalue weighted by molar-refractivity contribution is -0.142. The van der Waals surface area contributed by atoms with Gasteiger partial charge in [-0.15, -0.1) is 0 Å². The molecule has 0 aromatic carbocycles. The van der Waals surface area contributed by atoms with Gasteiger partial charge in [-0.2, -0.15) is 11.8 Å². The Balaban J connectivity index is 5.23. The fraction of sp³-hybridized carbons (Fsp3) is 0.737. The van der Waals surface area contributed by atoms with Gasteiger partial charge in [0.1, 0.15) is 18.1 Å². The third-order valence-electron chi connectivity index (χ3n) is 4.84. The van der Waals surface area contributed by atoms with E-state index in [1.807, 2.05) is 0 Å². The summed E-state index contributed by atoms with van der Waals surface area (Å²) >= 11 is 1.43. The maximum Gasteiger partial charge on any atom is 0.326 e. The van der Waals surface area contributed by atoms with E-state index in [-0.39, 0.29) is 25.2 Å². The molecule has 0 bridgehead atoms. The van der Waals surface area contributed by atoms with Crippen molar-refractivity contribution in [2.75, 3.05) is 18.6 Å². The topological polar surface area (TPSA) is 208 Å². The first kappa shape index (κ1) is 29.6. The van der Waals surface area contributed by atoms with Crippen LogP contribution >= 0.6 is 11.8 Å². The van der Waals surface area contributed by atoms with E-state index in [1.54, 1.807) is 20.1 Å². The van der Waals surface area contributed by atoms with Crippen molar-refractivity contribution in [1.82, 2.24) is 16.0 Å². The Morgan fingerprint density at radius 1 is 0.938 bits per heavy atom. The molecular weight excluding hydrogens is 444 g/mol. The Kier molecular flexibility index (Phi) is 14.3. The quantitative estimate of drug-likeness (QED) is 0.137. The number of nitrogens with two attached hydrogens (primary N) is 1. The highest BCUT2D eigenvalue weighted by Crippen LogP contribution is 2.10. The highest BCUT2D eigenvalue weighted by atomic mass is 32.2. The number of nitrogens with one attached hydrogen (secondary N) is 3. The fourth-order valence-electron chi connectivity index (χ4n) is 2.59. The van der Waals surface area contributed by atoms with Gasteiger partial charge in [-0.05, 0) is 30.8 Å². The molecule has 8 N–H and O–H groups in total. The number of thioether (sulfide) groups is 1. The predicted molar refractivity (Wildman–Crippen MR) is 118 cm³/mol. The van der Waals surface area contributed by atoms with Gasteiger partial charge in [0.05, 0.1) is 12.6 Å². The van der Waals surface area contributed by atoms with Gasteiger partial charge < -0.3 is 37.0 Å². The number of carboxylic acids is 2. The van der Waals surface area contributed by atoms with Gasteiger partial charge >= 0.3 is 11.9 Å². The van der Waals surface area contributed by atoms with Crippen molar-refractivity contribution >= 4 is 41.4 Å². The smallest absolute Gasteiger partial charge is 0.326 e. The molecule has 0 heterocycles. The molecule has 0 saturated heterocycles. The molecule has 5 unspecified atom stereocenters. The van der Waals surface area contributed by atoms with Crippen LogP contribution in [0.5, 0.6) is 0 Å². The van der Waals surface area contributed by atoms with Crippen molar-refractivity contribution in [3.63, 3.8) is 0 Å². The molecule has 13 heteroatoms. The summed E-state index contributed by atoms with van der Waals surface area (Å²) in [6.45, 7) is 2.69. The number of carboxylic acid groups (broad SMARTS) is 2. The molecule has 0 fully saturated rings. The maximum absolute atomic E-state index is 12.7. The Morgan fingerprint density at radius 3 is 2.00 bits per heavy atom. The summed E-state index contributed by atoms with van der Waals surface area (Å²) in [6.07, 6.45) is 1.98. The van der Waals surface area contributed by atoms with Crippen molar-refractivity contribution in [1.29, 1.82) is 0 Å². The second-order valence-electron chi connectivity index (χ2n) is 7.34. The Morgan fingerprint density at radius 2 is 1.53 bits per heavy atom. The number of amides is 3. The molecule has 12 nitrogen and oxygen atoms in total. The van der Waals surface area contributed by atoms with Crippen LogP contribution in [0.15, 0.2) is 0 Å². The average Bonchev–Trinajstić information content (AvgIpc) is 2.75. The van der Waals surface area contributed by atoms with E-state index in [4.69, 9.17) is 10.8 Å². The second-order valence-corrected chi connectivity index (χ2v) is 8.32. The van der Waals surface area contributed by atoms with Crippen LogP contribution in [0.2, 0.25) is 0 Å². The summed E-state index contributed by atoms with van der Waals surface area (Å²) in [7, 11) is 0. The molecule has 0 saturated carbocycles. The van der Waals surface area contributed by atoms with Gasteiger partial charge in [-0.25, -0.2) is 4.79 Å². The molecule has 0 aliphatic carbocycles. The van der Waals surface area contributed by atoms with Crippen molar-refractivity contribution in [2.24, 2.45) is 11.7 Å². The average molecular weight is 479 g/mol. The SMILES string of the molecule is CCC(C)C(NC(=O)C(CO)NC(=O)C(N)CCC(=O)O)C(=O)NC(CCSC)C(=O)O. The number of aliphatic carboxylic acids is 2. The molecule has 5 atom stereocenters. The van der Waals surface area contributed by atoms with E-state index in [9.17, 15) is 34.2 Å². The predicted octanol–water partition coefficient (Wildman–Crippen LogP) is -1.49. The lowest BCUT2D eigenvalue weighted by atomic mass is 9.97. The van der Waals surface area contributed by atoms with Crippen molar-refractivity contribution < 1.29 is 39.3 Å². The molecule has 0 aliphatic heterocycles. The van der Waals surface area contributed by atoms with Crippen LogP contribution < -0.4 is 21.7 Å². The molecule has 3 amide bonds. The summed E-state index contributed by atoms with van der Waals surface area (Å²) in [5.41, 5.74) is 5.60. The molecule has 0 aliphatic rings. The molecule has 0 spiro atoms. The molecule has 0 rings (SSSR count). The highest BCUT2D eigenvalue weighted by Gasteiger charge is 2.32. The minimum Gasteiger partial charge on any atom is -0.481 e. The van der Waals surface area contributed by atoms with E-state index in [0.717, 1.165) is 0 Å². The van der Waals surface area contributed by atoms with Crippen LogP contribution in [-0.2, 0) is 24.0 Å².